The Morgan fingerprint density at radius 2 is 1.69 bits per heavy atom. The Labute approximate surface area is 176 Å². The van der Waals surface area contributed by atoms with Crippen LogP contribution in [-0.2, 0) is 0 Å². The number of aromatic amines is 1. The Kier molecular flexibility index (Phi) is 4.48. The predicted octanol–water partition coefficient (Wildman–Crippen LogP) is 5.32. The maximum absolute atomic E-state index is 13.3. The van der Waals surface area contributed by atoms with Gasteiger partial charge in [-0.05, 0) is 42.0 Å². The van der Waals surface area contributed by atoms with E-state index in [0.717, 1.165) is 32.6 Å². The van der Waals surface area contributed by atoms with Crippen molar-refractivity contribution >= 4 is 38.6 Å². The van der Waals surface area contributed by atoms with Crippen molar-refractivity contribution in [2.75, 3.05) is 0 Å². The summed E-state index contributed by atoms with van der Waals surface area (Å²) in [5.74, 6) is 0.597. The number of amides is 1. The Morgan fingerprint density at radius 1 is 0.966 bits per heavy atom. The highest BCUT2D eigenvalue weighted by Crippen LogP contribution is 2.33. The molecule has 0 fully saturated rings. The SMILES string of the molecule is O=C(c1ccc(Br)cc1)N1N=C(c2ccccc2)C[C@H]1c1nc2ccccc2[nH]1. The molecule has 6 heteroatoms. The van der Waals surface area contributed by atoms with Crippen molar-refractivity contribution in [3.05, 3.63) is 100 Å². The van der Waals surface area contributed by atoms with Crippen molar-refractivity contribution in [3.63, 3.8) is 0 Å². The van der Waals surface area contributed by atoms with Crippen LogP contribution < -0.4 is 0 Å². The van der Waals surface area contributed by atoms with Gasteiger partial charge in [0.25, 0.3) is 5.91 Å². The van der Waals surface area contributed by atoms with Gasteiger partial charge in [0.05, 0.1) is 16.7 Å². The van der Waals surface area contributed by atoms with E-state index in [0.29, 0.717) is 12.0 Å². The first-order valence-corrected chi connectivity index (χ1v) is 10.1. The summed E-state index contributed by atoms with van der Waals surface area (Å²) in [6.45, 7) is 0. The molecule has 0 bridgehead atoms. The number of H-pyrrole nitrogens is 1. The largest absolute Gasteiger partial charge is 0.340 e. The van der Waals surface area contributed by atoms with Crippen LogP contribution in [0.4, 0.5) is 0 Å². The number of fused-ring (bicyclic) bond motifs is 1. The fourth-order valence-electron chi connectivity index (χ4n) is 3.57. The molecule has 4 aromatic rings. The molecule has 5 rings (SSSR count). The molecule has 1 aliphatic rings. The zero-order valence-corrected chi connectivity index (χ0v) is 17.0. The number of benzene rings is 3. The number of nitrogens with zero attached hydrogens (tertiary/aromatic N) is 3. The molecule has 1 aliphatic heterocycles. The van der Waals surface area contributed by atoms with E-state index in [1.54, 1.807) is 17.1 Å². The molecule has 0 saturated carbocycles. The molecular formula is C23H17BrN4O. The first-order chi connectivity index (χ1) is 14.2. The average molecular weight is 445 g/mol. The van der Waals surface area contributed by atoms with Crippen LogP contribution in [0.3, 0.4) is 0 Å². The number of aromatic nitrogens is 2. The van der Waals surface area contributed by atoms with Crippen molar-refractivity contribution < 1.29 is 4.79 Å². The van der Waals surface area contributed by atoms with E-state index in [2.05, 4.69) is 20.9 Å². The Hall–Kier alpha value is -3.25. The molecule has 0 aliphatic carbocycles. The maximum Gasteiger partial charge on any atom is 0.274 e. The average Bonchev–Trinajstić information content (AvgIpc) is 3.39. The molecule has 5 nitrogen and oxygen atoms in total. The standard InChI is InChI=1S/C23H17BrN4O/c24-17-12-10-16(11-13-17)23(29)28-21(14-20(27-28)15-6-2-1-3-7-15)22-25-18-8-4-5-9-19(18)26-22/h1-13,21H,14H2,(H,25,26)/t21-/m0/s1. The zero-order chi connectivity index (χ0) is 19.8. The summed E-state index contributed by atoms with van der Waals surface area (Å²) >= 11 is 3.42. The van der Waals surface area contributed by atoms with Crippen LogP contribution in [0.1, 0.15) is 34.2 Å². The van der Waals surface area contributed by atoms with E-state index in [4.69, 9.17) is 10.1 Å². The second-order valence-corrected chi connectivity index (χ2v) is 7.84. The Balaban J connectivity index is 1.56. The lowest BCUT2D eigenvalue weighted by Gasteiger charge is -2.20. The van der Waals surface area contributed by atoms with Crippen LogP contribution in [0.15, 0.2) is 88.4 Å². The van der Waals surface area contributed by atoms with Crippen LogP contribution in [0, 0.1) is 0 Å². The molecule has 142 valence electrons. The van der Waals surface area contributed by atoms with Crippen molar-refractivity contribution in [1.82, 2.24) is 15.0 Å². The fraction of sp³-hybridized carbons (Fsp3) is 0.0870. The van der Waals surface area contributed by atoms with E-state index >= 15 is 0 Å². The third-order valence-electron chi connectivity index (χ3n) is 5.04. The molecule has 1 atom stereocenters. The van der Waals surface area contributed by atoms with Crippen LogP contribution in [-0.4, -0.2) is 26.6 Å². The van der Waals surface area contributed by atoms with Crippen molar-refractivity contribution in [3.8, 4) is 0 Å². The number of hydrazone groups is 1. The smallest absolute Gasteiger partial charge is 0.274 e. The third-order valence-corrected chi connectivity index (χ3v) is 5.57. The summed E-state index contributed by atoms with van der Waals surface area (Å²) in [7, 11) is 0. The van der Waals surface area contributed by atoms with Gasteiger partial charge < -0.3 is 4.98 Å². The lowest BCUT2D eigenvalue weighted by atomic mass is 10.0. The third kappa shape index (κ3) is 3.36. The summed E-state index contributed by atoms with van der Waals surface area (Å²) in [5, 5.41) is 6.27. The predicted molar refractivity (Wildman–Crippen MR) is 117 cm³/mol. The lowest BCUT2D eigenvalue weighted by Crippen LogP contribution is -2.27. The molecule has 0 saturated heterocycles. The van der Waals surface area contributed by atoms with E-state index in [-0.39, 0.29) is 11.9 Å². The second kappa shape index (κ2) is 7.29. The van der Waals surface area contributed by atoms with Crippen LogP contribution >= 0.6 is 15.9 Å². The fourth-order valence-corrected chi connectivity index (χ4v) is 3.84. The van der Waals surface area contributed by atoms with Gasteiger partial charge in [0, 0.05) is 16.5 Å². The number of halogens is 1. The molecule has 29 heavy (non-hydrogen) atoms. The summed E-state index contributed by atoms with van der Waals surface area (Å²) in [6, 6.07) is 24.9. The van der Waals surface area contributed by atoms with Gasteiger partial charge in [-0.2, -0.15) is 5.10 Å². The Morgan fingerprint density at radius 3 is 2.45 bits per heavy atom. The molecular weight excluding hydrogens is 428 g/mol. The minimum Gasteiger partial charge on any atom is -0.340 e. The molecule has 1 amide bonds. The molecule has 0 unspecified atom stereocenters. The normalized spacial score (nSPS) is 16.2. The van der Waals surface area contributed by atoms with Crippen LogP contribution in [0.2, 0.25) is 0 Å². The topological polar surface area (TPSA) is 61.4 Å². The van der Waals surface area contributed by atoms with Gasteiger partial charge in [-0.1, -0.05) is 58.4 Å². The highest BCUT2D eigenvalue weighted by atomic mass is 79.9. The molecule has 1 aromatic heterocycles. The van der Waals surface area contributed by atoms with Crippen LogP contribution in [0.5, 0.6) is 0 Å². The molecule has 2 heterocycles. The number of carbonyl (C=O) groups is 1. The highest BCUT2D eigenvalue weighted by Gasteiger charge is 2.35. The van der Waals surface area contributed by atoms with Gasteiger partial charge in [-0.15, -0.1) is 0 Å². The van der Waals surface area contributed by atoms with E-state index in [9.17, 15) is 4.79 Å². The number of carbonyl (C=O) groups excluding carboxylic acids is 1. The van der Waals surface area contributed by atoms with E-state index in [1.807, 2.05) is 66.7 Å². The monoisotopic (exact) mass is 444 g/mol. The summed E-state index contributed by atoms with van der Waals surface area (Å²) in [4.78, 5) is 21.4. The minimum atomic E-state index is -0.284. The summed E-state index contributed by atoms with van der Waals surface area (Å²) in [5.41, 5.74) is 4.31. The second-order valence-electron chi connectivity index (χ2n) is 6.93. The molecule has 3 aromatic carbocycles. The number of para-hydroxylation sites is 2. The summed E-state index contributed by atoms with van der Waals surface area (Å²) in [6.07, 6.45) is 0.603. The summed E-state index contributed by atoms with van der Waals surface area (Å²) < 4.78 is 0.929. The first kappa shape index (κ1) is 17.8. The molecule has 0 radical (unpaired) electrons. The number of nitrogens with one attached hydrogen (secondary N) is 1. The quantitative estimate of drug-likeness (QED) is 0.464. The van der Waals surface area contributed by atoms with Crippen LogP contribution in [0.25, 0.3) is 11.0 Å². The van der Waals surface area contributed by atoms with Crippen molar-refractivity contribution in [2.45, 2.75) is 12.5 Å². The number of rotatable bonds is 3. The van der Waals surface area contributed by atoms with Crippen molar-refractivity contribution in [2.24, 2.45) is 5.10 Å². The van der Waals surface area contributed by atoms with E-state index < -0.39 is 0 Å². The maximum atomic E-state index is 13.3. The van der Waals surface area contributed by atoms with Gasteiger partial charge in [-0.3, -0.25) is 4.79 Å². The first-order valence-electron chi connectivity index (χ1n) is 9.36. The number of hydrogen-bond donors (Lipinski definition) is 1. The molecule has 0 spiro atoms. The van der Waals surface area contributed by atoms with Crippen molar-refractivity contribution in [1.29, 1.82) is 0 Å². The Bertz CT molecular complexity index is 1180. The molecule has 1 N–H and O–H groups in total. The van der Waals surface area contributed by atoms with Gasteiger partial charge >= 0.3 is 0 Å². The number of imidazole rings is 1. The van der Waals surface area contributed by atoms with Gasteiger partial charge in [0.1, 0.15) is 11.9 Å². The van der Waals surface area contributed by atoms with Gasteiger partial charge in [0.2, 0.25) is 0 Å². The van der Waals surface area contributed by atoms with Gasteiger partial charge in [0.15, 0.2) is 0 Å². The number of hydrogen-bond acceptors (Lipinski definition) is 3. The van der Waals surface area contributed by atoms with E-state index in [1.165, 1.54) is 0 Å². The highest BCUT2D eigenvalue weighted by molar-refractivity contribution is 9.10. The zero-order valence-electron chi connectivity index (χ0n) is 15.4. The van der Waals surface area contributed by atoms with Gasteiger partial charge in [-0.25, -0.2) is 9.99 Å². The minimum absolute atomic E-state index is 0.145. The lowest BCUT2D eigenvalue weighted by molar-refractivity contribution is 0.0705.